The van der Waals surface area contributed by atoms with Gasteiger partial charge in [0, 0.05) is 18.9 Å². The molecule has 0 radical (unpaired) electrons. The lowest BCUT2D eigenvalue weighted by Gasteiger charge is -2.17. The number of benzene rings is 1. The topological polar surface area (TPSA) is 65.1 Å². The fourth-order valence-corrected chi connectivity index (χ4v) is 4.21. The summed E-state index contributed by atoms with van der Waals surface area (Å²) in [6.45, 7) is 6.18. The second-order valence-corrected chi connectivity index (χ2v) is 9.53. The third kappa shape index (κ3) is 10.7. The molecule has 1 fully saturated rings. The van der Waals surface area contributed by atoms with E-state index in [4.69, 9.17) is 14.2 Å². The van der Waals surface area contributed by atoms with Crippen molar-refractivity contribution in [3.8, 4) is 5.75 Å². The van der Waals surface area contributed by atoms with Crippen molar-refractivity contribution in [1.29, 1.82) is 0 Å². The Kier molecular flexibility index (Phi) is 12.5. The van der Waals surface area contributed by atoms with Crippen molar-refractivity contribution < 1.29 is 23.8 Å². The standard InChI is InChI=1S/C28H44O5/c1-4-5-6-7-8-9-10-11-12-13-14-15-16-17-27(30)31-21-28(22-32-28)25-19-18-23(2)20-26(25)33-24(3)29/h18-20H,4-17,21-22H2,1-3H3. The van der Waals surface area contributed by atoms with Crippen LogP contribution in [-0.2, 0) is 24.7 Å². The number of hydrogen-bond donors (Lipinski definition) is 0. The van der Waals surface area contributed by atoms with Crippen LogP contribution in [0, 0.1) is 6.92 Å². The number of carbonyl (C=O) groups is 2. The zero-order valence-electron chi connectivity index (χ0n) is 21.1. The van der Waals surface area contributed by atoms with Gasteiger partial charge in [0.25, 0.3) is 0 Å². The summed E-state index contributed by atoms with van der Waals surface area (Å²) < 4.78 is 16.5. The van der Waals surface area contributed by atoms with E-state index in [9.17, 15) is 9.59 Å². The van der Waals surface area contributed by atoms with E-state index in [1.54, 1.807) is 0 Å². The van der Waals surface area contributed by atoms with Crippen molar-refractivity contribution in [2.24, 2.45) is 0 Å². The minimum atomic E-state index is -0.690. The Hall–Kier alpha value is -1.88. The normalized spacial score (nSPS) is 17.1. The summed E-state index contributed by atoms with van der Waals surface area (Å²) >= 11 is 0. The van der Waals surface area contributed by atoms with E-state index < -0.39 is 5.60 Å². The predicted molar refractivity (Wildman–Crippen MR) is 131 cm³/mol. The largest absolute Gasteiger partial charge is 0.462 e. The molecule has 1 aromatic carbocycles. The Morgan fingerprint density at radius 3 is 1.97 bits per heavy atom. The number of epoxide rings is 1. The number of carbonyl (C=O) groups excluding carboxylic acids is 2. The van der Waals surface area contributed by atoms with Gasteiger partial charge in [-0.2, -0.15) is 0 Å². The summed E-state index contributed by atoms with van der Waals surface area (Å²) in [5.41, 5.74) is 1.06. The molecule has 0 aromatic heterocycles. The van der Waals surface area contributed by atoms with Crippen molar-refractivity contribution >= 4 is 11.9 Å². The Balaban J connectivity index is 1.54. The third-order valence-corrected chi connectivity index (χ3v) is 6.33. The van der Waals surface area contributed by atoms with Crippen molar-refractivity contribution in [2.45, 2.75) is 116 Å². The first-order valence-electron chi connectivity index (χ1n) is 13.1. The molecule has 0 N–H and O–H groups in total. The fourth-order valence-electron chi connectivity index (χ4n) is 4.21. The second kappa shape index (κ2) is 15.1. The number of unbranched alkanes of at least 4 members (excludes halogenated alkanes) is 12. The maximum absolute atomic E-state index is 12.2. The van der Waals surface area contributed by atoms with Gasteiger partial charge in [-0.05, 0) is 25.0 Å². The lowest BCUT2D eigenvalue weighted by Crippen LogP contribution is -2.21. The van der Waals surface area contributed by atoms with Crippen molar-refractivity contribution in [3.05, 3.63) is 29.3 Å². The quantitative estimate of drug-likeness (QED) is 0.101. The zero-order valence-corrected chi connectivity index (χ0v) is 21.1. The summed E-state index contributed by atoms with van der Waals surface area (Å²) in [7, 11) is 0. The average molecular weight is 461 g/mol. The number of rotatable bonds is 18. The van der Waals surface area contributed by atoms with E-state index in [2.05, 4.69) is 6.92 Å². The van der Waals surface area contributed by atoms with E-state index in [0.29, 0.717) is 18.8 Å². The second-order valence-electron chi connectivity index (χ2n) is 9.53. The molecule has 0 amide bonds. The van der Waals surface area contributed by atoms with Gasteiger partial charge >= 0.3 is 11.9 Å². The van der Waals surface area contributed by atoms with Gasteiger partial charge in [-0.1, -0.05) is 96.1 Å². The minimum Gasteiger partial charge on any atom is -0.462 e. The van der Waals surface area contributed by atoms with Crippen LogP contribution in [0.15, 0.2) is 18.2 Å². The highest BCUT2D eigenvalue weighted by molar-refractivity contribution is 5.71. The van der Waals surface area contributed by atoms with Crippen LogP contribution < -0.4 is 4.74 Å². The Morgan fingerprint density at radius 2 is 1.45 bits per heavy atom. The molecule has 1 atom stereocenters. The minimum absolute atomic E-state index is 0.154. The highest BCUT2D eigenvalue weighted by Gasteiger charge is 2.50. The molecule has 1 aliphatic heterocycles. The fraction of sp³-hybridized carbons (Fsp3) is 0.714. The summed E-state index contributed by atoms with van der Waals surface area (Å²) in [6, 6.07) is 5.65. The highest BCUT2D eigenvalue weighted by atomic mass is 16.6. The Labute approximate surface area is 200 Å². The first-order chi connectivity index (χ1) is 16.0. The molecular formula is C28H44O5. The van der Waals surface area contributed by atoms with Crippen LogP contribution in [0.5, 0.6) is 5.75 Å². The summed E-state index contributed by atoms with van der Waals surface area (Å²) in [5.74, 6) is -0.0845. The monoisotopic (exact) mass is 460 g/mol. The molecule has 0 saturated carbocycles. The molecule has 0 spiro atoms. The van der Waals surface area contributed by atoms with Crippen LogP contribution in [0.4, 0.5) is 0 Å². The first-order valence-corrected chi connectivity index (χ1v) is 13.1. The Morgan fingerprint density at radius 1 is 0.909 bits per heavy atom. The van der Waals surface area contributed by atoms with Crippen molar-refractivity contribution in [2.75, 3.05) is 13.2 Å². The number of ether oxygens (including phenoxy) is 3. The third-order valence-electron chi connectivity index (χ3n) is 6.33. The molecule has 0 aliphatic carbocycles. The van der Waals surface area contributed by atoms with E-state index in [1.165, 1.54) is 77.6 Å². The SMILES string of the molecule is CCCCCCCCCCCCCCCC(=O)OCC1(c2ccc(C)cc2OC(C)=O)CO1. The van der Waals surface area contributed by atoms with E-state index in [1.807, 2.05) is 25.1 Å². The Bertz CT molecular complexity index is 723. The molecule has 186 valence electrons. The van der Waals surface area contributed by atoms with Gasteiger partial charge in [-0.25, -0.2) is 0 Å². The molecule has 33 heavy (non-hydrogen) atoms. The molecule has 2 rings (SSSR count). The van der Waals surface area contributed by atoms with Crippen molar-refractivity contribution in [1.82, 2.24) is 0 Å². The summed E-state index contributed by atoms with van der Waals surface area (Å²) in [4.78, 5) is 23.6. The molecule has 1 aromatic rings. The summed E-state index contributed by atoms with van der Waals surface area (Å²) in [5, 5.41) is 0. The smallest absolute Gasteiger partial charge is 0.308 e. The maximum Gasteiger partial charge on any atom is 0.308 e. The lowest BCUT2D eigenvalue weighted by molar-refractivity contribution is -0.146. The van der Waals surface area contributed by atoms with Gasteiger partial charge in [-0.15, -0.1) is 0 Å². The van der Waals surface area contributed by atoms with Crippen LogP contribution in [0.3, 0.4) is 0 Å². The number of hydrogen-bond acceptors (Lipinski definition) is 5. The molecular weight excluding hydrogens is 416 g/mol. The van der Waals surface area contributed by atoms with E-state index in [-0.39, 0.29) is 18.5 Å². The molecule has 1 aliphatic rings. The predicted octanol–water partition coefficient (Wildman–Crippen LogP) is 7.17. The van der Waals surface area contributed by atoms with Crippen LogP contribution in [0.1, 0.15) is 115 Å². The van der Waals surface area contributed by atoms with Crippen LogP contribution in [0.25, 0.3) is 0 Å². The maximum atomic E-state index is 12.2. The van der Waals surface area contributed by atoms with Gasteiger partial charge in [0.05, 0.1) is 6.61 Å². The van der Waals surface area contributed by atoms with Gasteiger partial charge in [0.15, 0.2) is 5.60 Å². The van der Waals surface area contributed by atoms with E-state index >= 15 is 0 Å². The molecule has 0 bridgehead atoms. The van der Waals surface area contributed by atoms with Crippen LogP contribution in [0.2, 0.25) is 0 Å². The van der Waals surface area contributed by atoms with E-state index in [0.717, 1.165) is 24.0 Å². The average Bonchev–Trinajstić information content (AvgIpc) is 3.56. The molecule has 5 nitrogen and oxygen atoms in total. The lowest BCUT2D eigenvalue weighted by atomic mass is 9.98. The molecule has 1 unspecified atom stereocenters. The number of esters is 2. The summed E-state index contributed by atoms with van der Waals surface area (Å²) in [6.07, 6.45) is 17.1. The number of aryl methyl sites for hydroxylation is 1. The zero-order chi connectivity index (χ0) is 23.9. The highest BCUT2D eigenvalue weighted by Crippen LogP contribution is 2.44. The molecule has 1 saturated heterocycles. The van der Waals surface area contributed by atoms with Crippen molar-refractivity contribution in [3.63, 3.8) is 0 Å². The first kappa shape index (κ1) is 27.4. The van der Waals surface area contributed by atoms with Gasteiger partial charge < -0.3 is 14.2 Å². The van der Waals surface area contributed by atoms with Gasteiger partial charge in [0.1, 0.15) is 12.4 Å². The van der Waals surface area contributed by atoms with Gasteiger partial charge in [-0.3, -0.25) is 9.59 Å². The van der Waals surface area contributed by atoms with Crippen LogP contribution >= 0.6 is 0 Å². The van der Waals surface area contributed by atoms with Crippen LogP contribution in [-0.4, -0.2) is 25.2 Å². The molecule has 1 heterocycles. The van der Waals surface area contributed by atoms with Gasteiger partial charge in [0.2, 0.25) is 0 Å². The molecule has 5 heteroatoms.